The maximum absolute atomic E-state index is 2.46. The van der Waals surface area contributed by atoms with Crippen LogP contribution in [-0.4, -0.2) is 0 Å². The van der Waals surface area contributed by atoms with E-state index in [1.165, 1.54) is 346 Å². The van der Waals surface area contributed by atoms with Gasteiger partial charge in [0.1, 0.15) is 0 Å². The zero-order valence-corrected chi connectivity index (χ0v) is 81.4. The quantitative estimate of drug-likeness (QED) is 0.115. The number of rotatable bonds is 6. The minimum atomic E-state index is 1.06. The lowest BCUT2D eigenvalue weighted by molar-refractivity contribution is 0.717. The Morgan fingerprint density at radius 1 is 0.150 bits per heavy atom. The van der Waals surface area contributed by atoms with Crippen LogP contribution in [0.15, 0.2) is 388 Å². The third-order valence-electron chi connectivity index (χ3n) is 31.4. The summed E-state index contributed by atoms with van der Waals surface area (Å²) in [5.41, 5.74) is 45.9. The normalized spacial score (nSPS) is 12.6. The van der Waals surface area contributed by atoms with Gasteiger partial charge in [-0.2, -0.15) is 0 Å². The molecule has 0 nitrogen and oxygen atoms in total. The van der Waals surface area contributed by atoms with Gasteiger partial charge in [0, 0.05) is 0 Å². The first-order valence-corrected chi connectivity index (χ1v) is 51.0. The molecule has 0 bridgehead atoms. The summed E-state index contributed by atoms with van der Waals surface area (Å²) < 4.78 is 0. The van der Waals surface area contributed by atoms with E-state index in [1.807, 2.05) is 0 Å². The average molecular weight is 1790 g/mol. The monoisotopic (exact) mass is 1790 g/mol. The average Bonchev–Trinajstić information content (AvgIpc) is 1.58. The number of fused-ring (bicyclic) bond motifs is 36. The number of hydrogen-bond donors (Lipinski definition) is 0. The fraction of sp³-hybridized carbons (Fsp3) is 0.143. The lowest BCUT2D eigenvalue weighted by atomic mass is 9.95. The molecule has 672 valence electrons. The van der Waals surface area contributed by atoms with Crippen LogP contribution < -0.4 is 0 Å². The molecule has 0 saturated heterocycles. The molecule has 0 unspecified atom stereocenters. The minimum absolute atomic E-state index is 1.06. The second-order valence-electron chi connectivity index (χ2n) is 41.0. The summed E-state index contributed by atoms with van der Waals surface area (Å²) in [5, 5.41) is 32.6. The molecule has 30 rings (SSSR count). The molecule has 24 aromatic carbocycles. The topological polar surface area (TPSA) is 0 Å². The van der Waals surface area contributed by atoms with E-state index in [1.54, 1.807) is 0 Å². The van der Waals surface area contributed by atoms with Crippen molar-refractivity contribution in [1.29, 1.82) is 0 Å². The van der Waals surface area contributed by atoms with E-state index in [2.05, 4.69) is 444 Å². The van der Waals surface area contributed by atoms with Gasteiger partial charge in [0.15, 0.2) is 0 Å². The van der Waals surface area contributed by atoms with Crippen molar-refractivity contribution in [3.8, 4) is 66.8 Å². The van der Waals surface area contributed by atoms with Gasteiger partial charge in [0.2, 0.25) is 0 Å². The maximum atomic E-state index is 2.46. The van der Waals surface area contributed by atoms with E-state index >= 15 is 0 Å². The van der Waals surface area contributed by atoms with Crippen molar-refractivity contribution in [3.63, 3.8) is 0 Å². The highest BCUT2D eigenvalue weighted by Crippen LogP contribution is 2.50. The Balaban J connectivity index is 0.0000000887. The highest BCUT2D eigenvalue weighted by molar-refractivity contribution is 6.10. The minimum Gasteiger partial charge on any atom is -0.0654 e. The van der Waals surface area contributed by atoms with E-state index in [0.717, 1.165) is 38.5 Å². The van der Waals surface area contributed by atoms with Gasteiger partial charge >= 0.3 is 0 Å². The van der Waals surface area contributed by atoms with Gasteiger partial charge in [-0.1, -0.05) is 382 Å². The Labute approximate surface area is 822 Å². The van der Waals surface area contributed by atoms with Crippen molar-refractivity contribution < 1.29 is 0 Å². The summed E-state index contributed by atoms with van der Waals surface area (Å²) in [4.78, 5) is 0. The van der Waals surface area contributed by atoms with Crippen LogP contribution >= 0.6 is 0 Å². The molecule has 0 radical (unpaired) electrons. The van der Waals surface area contributed by atoms with Crippen LogP contribution in [0.25, 0.3) is 196 Å². The SMILES string of the molecule is CCCCCc1ccc2c(c1)Cc1c-2ccc2cc3ccccc3cc12.CCCc1ccc2c(c1)Cc1c-2ccc2cc3ccccc3cc12.Cc1ccc2c(c1)Cc1c-2ccc2cc3cc(C)ccc3cc12.Cc1ccc2c(c1)Cc1c-2ccc2cc3cc(C)ccc3cc12.Cc1ccc2c(c1)Cc1c-2ccc2cc3ccccc3cc12.Cc1ccc2c(c1)Cc1c-2ccc2cc3ccccc3cc12. The molecule has 0 fully saturated rings. The summed E-state index contributed by atoms with van der Waals surface area (Å²) in [5.74, 6) is 0. The maximum Gasteiger partial charge on any atom is -0.000718 e. The molecule has 0 N–H and O–H groups in total. The second-order valence-corrected chi connectivity index (χ2v) is 41.0. The van der Waals surface area contributed by atoms with Crippen LogP contribution in [0.2, 0.25) is 0 Å². The molecular weight excluding hydrogens is 1680 g/mol. The fourth-order valence-electron chi connectivity index (χ4n) is 24.4. The van der Waals surface area contributed by atoms with E-state index < -0.39 is 0 Å². The standard InChI is InChI=1S/C26H24.C24H20.2C23H18.2C22H16/c1-2-3-4-7-18-10-12-23-22(14-18)17-26-24(23)13-11-21-15-19-8-5-6-9-20(19)16-25(21)26;1-2-5-16-8-10-21-20(12-16)15-24-22(21)11-9-19-13-17-6-3-4-7-18(17)14-23(19)24;2*1-14-3-5-16-12-22-17(11-18(16)9-14)6-8-21-20-7-4-15(2)10-19(20)13-23(21)22;2*1-14-6-8-19-18(10-14)13-22-20(19)9-7-17-11-15-4-2-3-5-16(15)12-21(17)22/h5-6,8-16H,2-4,7,17H2,1H3;3-4,6-14H,2,5,15H2,1H3;2*3-12H,13H2,1-2H3;2*2-12H,13H2,1H3. The van der Waals surface area contributed by atoms with E-state index in [9.17, 15) is 0 Å². The lowest BCUT2D eigenvalue weighted by Gasteiger charge is -2.08. The third-order valence-corrected chi connectivity index (χ3v) is 31.4. The number of aryl methyl sites for hydroxylation is 8. The Morgan fingerprint density at radius 3 is 0.607 bits per heavy atom. The van der Waals surface area contributed by atoms with Crippen molar-refractivity contribution in [2.24, 2.45) is 0 Å². The molecule has 0 atom stereocenters. The summed E-state index contributed by atoms with van der Waals surface area (Å²) in [6.07, 6.45) is 13.9. The van der Waals surface area contributed by atoms with Crippen LogP contribution in [-0.2, 0) is 51.4 Å². The zero-order chi connectivity index (χ0) is 94.1. The van der Waals surface area contributed by atoms with Crippen molar-refractivity contribution in [2.75, 3.05) is 0 Å². The number of unbranched alkanes of at least 4 members (excludes halogenated alkanes) is 2. The highest BCUT2D eigenvalue weighted by atomic mass is 14.3. The molecule has 0 spiro atoms. The molecular formula is C140H112. The molecule has 140 heavy (non-hydrogen) atoms. The molecule has 0 saturated carbocycles. The Hall–Kier alpha value is -15.6. The van der Waals surface area contributed by atoms with Crippen molar-refractivity contribution in [3.05, 3.63) is 500 Å². The van der Waals surface area contributed by atoms with Gasteiger partial charge < -0.3 is 0 Å². The molecule has 6 aliphatic carbocycles. The largest absolute Gasteiger partial charge is 0.0654 e. The van der Waals surface area contributed by atoms with Crippen LogP contribution in [0.3, 0.4) is 0 Å². The molecule has 0 heterocycles. The van der Waals surface area contributed by atoms with Crippen molar-refractivity contribution >= 4 is 129 Å². The Morgan fingerprint density at radius 2 is 0.350 bits per heavy atom. The first kappa shape index (κ1) is 86.0. The lowest BCUT2D eigenvalue weighted by Crippen LogP contribution is -1.88. The van der Waals surface area contributed by atoms with Gasteiger partial charge in [0.05, 0.1) is 0 Å². The van der Waals surface area contributed by atoms with Gasteiger partial charge in [-0.05, 0) is 446 Å². The second kappa shape index (κ2) is 35.4. The predicted molar refractivity (Wildman–Crippen MR) is 604 cm³/mol. The molecule has 6 aliphatic rings. The summed E-state index contributed by atoms with van der Waals surface area (Å²) >= 11 is 0. The molecule has 0 amide bonds. The van der Waals surface area contributed by atoms with Crippen LogP contribution in [0.5, 0.6) is 0 Å². The molecule has 0 aromatic heterocycles. The number of hydrogen-bond acceptors (Lipinski definition) is 0. The van der Waals surface area contributed by atoms with Gasteiger partial charge in [-0.15, -0.1) is 0 Å². The van der Waals surface area contributed by atoms with Gasteiger partial charge in [-0.3, -0.25) is 0 Å². The summed E-state index contributed by atoms with van der Waals surface area (Å²) in [6, 6.07) is 145. The molecule has 0 heteroatoms. The van der Waals surface area contributed by atoms with Gasteiger partial charge in [-0.25, -0.2) is 0 Å². The Bertz CT molecular complexity index is 8920. The van der Waals surface area contributed by atoms with E-state index in [4.69, 9.17) is 0 Å². The van der Waals surface area contributed by atoms with E-state index in [-0.39, 0.29) is 0 Å². The summed E-state index contributed by atoms with van der Waals surface area (Å²) in [6.45, 7) is 17.5. The van der Waals surface area contributed by atoms with Crippen LogP contribution in [0.1, 0.15) is 151 Å². The van der Waals surface area contributed by atoms with Crippen molar-refractivity contribution in [1.82, 2.24) is 0 Å². The van der Waals surface area contributed by atoms with E-state index in [0.29, 0.717) is 0 Å². The zero-order valence-electron chi connectivity index (χ0n) is 81.4. The molecule has 24 aromatic rings. The summed E-state index contributed by atoms with van der Waals surface area (Å²) in [7, 11) is 0. The van der Waals surface area contributed by atoms with Crippen LogP contribution in [0.4, 0.5) is 0 Å². The van der Waals surface area contributed by atoms with Gasteiger partial charge in [0.25, 0.3) is 0 Å². The smallest absolute Gasteiger partial charge is 0.000718 e. The first-order chi connectivity index (χ1) is 68.6. The van der Waals surface area contributed by atoms with Crippen molar-refractivity contribution in [2.45, 2.75) is 132 Å². The molecule has 0 aliphatic heterocycles. The predicted octanol–water partition coefficient (Wildman–Crippen LogP) is 37.9. The highest BCUT2D eigenvalue weighted by Gasteiger charge is 2.29. The first-order valence-electron chi connectivity index (χ1n) is 51.0. The fourth-order valence-corrected chi connectivity index (χ4v) is 24.4. The Kier molecular flexibility index (Phi) is 21.8. The number of benzene rings is 24. The van der Waals surface area contributed by atoms with Crippen LogP contribution in [0, 0.1) is 41.5 Å². The third kappa shape index (κ3) is 15.8.